The maximum atomic E-state index is 13.2. The van der Waals surface area contributed by atoms with E-state index in [4.69, 9.17) is 4.74 Å². The lowest BCUT2D eigenvalue weighted by molar-refractivity contribution is -0.116. The summed E-state index contributed by atoms with van der Waals surface area (Å²) in [6.07, 6.45) is 2.23. The van der Waals surface area contributed by atoms with Crippen molar-refractivity contribution in [2.75, 3.05) is 11.9 Å². The SMILES string of the molecule is CCOc1c(CC)cnc2c1c(=O)n(CC(=O)Nc1cc(C)ccc1C)c(=O)n2C. The molecule has 0 spiro atoms. The van der Waals surface area contributed by atoms with Crippen molar-refractivity contribution in [3.05, 3.63) is 61.9 Å². The molecule has 0 saturated heterocycles. The summed E-state index contributed by atoms with van der Waals surface area (Å²) in [6, 6.07) is 5.69. The van der Waals surface area contributed by atoms with E-state index < -0.39 is 23.7 Å². The van der Waals surface area contributed by atoms with Gasteiger partial charge in [-0.05, 0) is 44.4 Å². The molecule has 0 fully saturated rings. The molecule has 2 aromatic heterocycles. The molecule has 8 heteroatoms. The molecule has 0 saturated carbocycles. The average Bonchev–Trinajstić information content (AvgIpc) is 2.72. The molecule has 2 heterocycles. The highest BCUT2D eigenvalue weighted by Gasteiger charge is 2.20. The summed E-state index contributed by atoms with van der Waals surface area (Å²) in [5.41, 5.74) is 2.34. The summed E-state index contributed by atoms with van der Waals surface area (Å²) in [7, 11) is 1.53. The van der Waals surface area contributed by atoms with Crippen LogP contribution in [0.5, 0.6) is 5.75 Å². The Hall–Kier alpha value is -3.42. The standard InChI is InChI=1S/C22H26N4O4/c1-6-15-11-23-20-18(19(15)30-7-2)21(28)26(22(29)25(20)5)12-17(27)24-16-10-13(3)8-9-14(16)4/h8-11H,6-7,12H2,1-5H3,(H,24,27). The molecule has 8 nitrogen and oxygen atoms in total. The van der Waals surface area contributed by atoms with E-state index in [0.29, 0.717) is 24.5 Å². The average molecular weight is 410 g/mol. The molecule has 3 rings (SSSR count). The van der Waals surface area contributed by atoms with E-state index in [0.717, 1.165) is 21.3 Å². The highest BCUT2D eigenvalue weighted by molar-refractivity contribution is 5.91. The molecule has 0 bridgehead atoms. The van der Waals surface area contributed by atoms with E-state index in [2.05, 4.69) is 10.3 Å². The molecular weight excluding hydrogens is 384 g/mol. The van der Waals surface area contributed by atoms with Crippen LogP contribution >= 0.6 is 0 Å². The number of hydrogen-bond donors (Lipinski definition) is 1. The second-order valence-corrected chi connectivity index (χ2v) is 7.20. The van der Waals surface area contributed by atoms with Gasteiger partial charge >= 0.3 is 5.69 Å². The molecule has 1 aromatic carbocycles. The maximum absolute atomic E-state index is 13.2. The van der Waals surface area contributed by atoms with Crippen LogP contribution in [0.4, 0.5) is 5.69 Å². The molecule has 0 aliphatic carbocycles. The summed E-state index contributed by atoms with van der Waals surface area (Å²) >= 11 is 0. The second-order valence-electron chi connectivity index (χ2n) is 7.20. The number of aromatic nitrogens is 3. The van der Waals surface area contributed by atoms with Gasteiger partial charge in [0.1, 0.15) is 17.7 Å². The minimum atomic E-state index is -0.609. The van der Waals surface area contributed by atoms with Crippen LogP contribution in [0.3, 0.4) is 0 Å². The smallest absolute Gasteiger partial charge is 0.332 e. The number of carbonyl (C=O) groups excluding carboxylic acids is 1. The monoisotopic (exact) mass is 410 g/mol. The number of pyridine rings is 1. The lowest BCUT2D eigenvalue weighted by Gasteiger charge is -2.15. The summed E-state index contributed by atoms with van der Waals surface area (Å²) in [5.74, 6) is -0.0471. The largest absolute Gasteiger partial charge is 0.493 e. The third-order valence-electron chi connectivity index (χ3n) is 5.02. The topological polar surface area (TPSA) is 95.2 Å². The normalized spacial score (nSPS) is 11.0. The van der Waals surface area contributed by atoms with Crippen LogP contribution in [0.1, 0.15) is 30.5 Å². The third kappa shape index (κ3) is 3.85. The van der Waals surface area contributed by atoms with Gasteiger partial charge in [0.15, 0.2) is 5.65 Å². The molecule has 1 N–H and O–H groups in total. The Labute approximate surface area is 174 Å². The van der Waals surface area contributed by atoms with E-state index in [1.54, 1.807) is 6.20 Å². The van der Waals surface area contributed by atoms with Gasteiger partial charge in [-0.25, -0.2) is 14.3 Å². The Balaban J connectivity index is 2.10. The molecule has 30 heavy (non-hydrogen) atoms. The summed E-state index contributed by atoms with van der Waals surface area (Å²) in [6.45, 7) is 7.51. The van der Waals surface area contributed by atoms with Crippen molar-refractivity contribution in [1.82, 2.24) is 14.1 Å². The van der Waals surface area contributed by atoms with Crippen LogP contribution in [0.15, 0.2) is 34.0 Å². The number of rotatable bonds is 6. The quantitative estimate of drug-likeness (QED) is 0.673. The number of amides is 1. The van der Waals surface area contributed by atoms with E-state index in [1.807, 2.05) is 45.9 Å². The fourth-order valence-corrected chi connectivity index (χ4v) is 3.37. The number of hydrogen-bond acceptors (Lipinski definition) is 5. The molecule has 158 valence electrons. The molecule has 0 aliphatic heterocycles. The van der Waals surface area contributed by atoms with Crippen molar-refractivity contribution in [1.29, 1.82) is 0 Å². The zero-order valence-corrected chi connectivity index (χ0v) is 17.9. The summed E-state index contributed by atoms with van der Waals surface area (Å²) < 4.78 is 7.92. The van der Waals surface area contributed by atoms with Crippen molar-refractivity contribution in [2.24, 2.45) is 7.05 Å². The van der Waals surface area contributed by atoms with Gasteiger partial charge in [-0.3, -0.25) is 14.2 Å². The fourth-order valence-electron chi connectivity index (χ4n) is 3.37. The van der Waals surface area contributed by atoms with Crippen molar-refractivity contribution in [3.8, 4) is 5.75 Å². The van der Waals surface area contributed by atoms with Crippen molar-refractivity contribution >= 4 is 22.6 Å². The number of anilines is 1. The molecule has 0 radical (unpaired) electrons. The van der Waals surface area contributed by atoms with E-state index in [-0.39, 0.29) is 11.0 Å². The Morgan fingerprint density at radius 3 is 2.60 bits per heavy atom. The van der Waals surface area contributed by atoms with Gasteiger partial charge in [-0.15, -0.1) is 0 Å². The minimum absolute atomic E-state index is 0.206. The Morgan fingerprint density at radius 1 is 1.20 bits per heavy atom. The first-order valence-electron chi connectivity index (χ1n) is 9.89. The number of benzene rings is 1. The van der Waals surface area contributed by atoms with E-state index >= 15 is 0 Å². The molecule has 1 amide bonds. The molecule has 0 atom stereocenters. The van der Waals surface area contributed by atoms with Crippen LogP contribution in [-0.4, -0.2) is 26.6 Å². The van der Waals surface area contributed by atoms with Crippen molar-refractivity contribution < 1.29 is 9.53 Å². The van der Waals surface area contributed by atoms with Crippen molar-refractivity contribution in [2.45, 2.75) is 40.7 Å². The van der Waals surface area contributed by atoms with Gasteiger partial charge in [0.2, 0.25) is 5.91 Å². The Bertz CT molecular complexity index is 1240. The lowest BCUT2D eigenvalue weighted by atomic mass is 10.1. The van der Waals surface area contributed by atoms with Crippen LogP contribution in [0, 0.1) is 13.8 Å². The van der Waals surface area contributed by atoms with Gasteiger partial charge in [0, 0.05) is 24.5 Å². The highest BCUT2D eigenvalue weighted by atomic mass is 16.5. The number of ether oxygens (including phenoxy) is 1. The second kappa shape index (κ2) is 8.52. The van der Waals surface area contributed by atoms with E-state index in [1.165, 1.54) is 11.6 Å². The molecule has 0 unspecified atom stereocenters. The Morgan fingerprint density at radius 2 is 1.93 bits per heavy atom. The number of nitrogens with zero attached hydrogens (tertiary/aromatic N) is 3. The summed E-state index contributed by atoms with van der Waals surface area (Å²) in [4.78, 5) is 43.0. The van der Waals surface area contributed by atoms with Gasteiger partial charge < -0.3 is 10.1 Å². The predicted octanol–water partition coefficient (Wildman–Crippen LogP) is 2.31. The molecule has 3 aromatic rings. The maximum Gasteiger partial charge on any atom is 0.332 e. The van der Waals surface area contributed by atoms with Crippen LogP contribution < -0.4 is 21.3 Å². The number of aryl methyl sites for hydroxylation is 4. The van der Waals surface area contributed by atoms with Gasteiger partial charge in [-0.2, -0.15) is 0 Å². The molecular formula is C22H26N4O4. The number of nitrogens with one attached hydrogen (secondary N) is 1. The third-order valence-corrected chi connectivity index (χ3v) is 5.02. The first-order valence-corrected chi connectivity index (χ1v) is 9.89. The zero-order chi connectivity index (χ0) is 22.0. The van der Waals surface area contributed by atoms with E-state index in [9.17, 15) is 14.4 Å². The van der Waals surface area contributed by atoms with Crippen molar-refractivity contribution in [3.63, 3.8) is 0 Å². The van der Waals surface area contributed by atoms with Gasteiger partial charge in [0.05, 0.1) is 6.61 Å². The Kier molecular flexibility index (Phi) is 6.05. The van der Waals surface area contributed by atoms with Crippen LogP contribution in [-0.2, 0) is 24.8 Å². The number of fused-ring (bicyclic) bond motifs is 1. The predicted molar refractivity (Wildman–Crippen MR) is 116 cm³/mol. The van der Waals surface area contributed by atoms with Crippen LogP contribution in [0.2, 0.25) is 0 Å². The lowest BCUT2D eigenvalue weighted by Crippen LogP contribution is -2.42. The molecule has 0 aliphatic rings. The number of carbonyl (C=O) groups is 1. The fraction of sp³-hybridized carbons (Fsp3) is 0.364. The van der Waals surface area contributed by atoms with Gasteiger partial charge in [0.25, 0.3) is 5.56 Å². The van der Waals surface area contributed by atoms with Crippen LogP contribution in [0.25, 0.3) is 11.0 Å². The first kappa shape index (κ1) is 21.3. The zero-order valence-electron chi connectivity index (χ0n) is 17.9. The highest BCUT2D eigenvalue weighted by Crippen LogP contribution is 2.25. The minimum Gasteiger partial charge on any atom is -0.493 e. The first-order chi connectivity index (χ1) is 14.3. The van der Waals surface area contributed by atoms with Gasteiger partial charge in [-0.1, -0.05) is 19.1 Å². The summed E-state index contributed by atoms with van der Waals surface area (Å²) in [5, 5.41) is 3.00.